The maximum Gasteiger partial charge on any atom is 0.338 e. The Labute approximate surface area is 110 Å². The van der Waals surface area contributed by atoms with Crippen LogP contribution in [0.4, 0.5) is 0 Å². The second-order valence-corrected chi connectivity index (χ2v) is 5.35. The standard InChI is InChI=1S/C14H15NO2S/c1-9-13(18-10(2)15-9)8-11-6-4-5-7-12(11)14(16)17-3/h4-7H,8H2,1-3H3. The molecule has 1 heterocycles. The number of methoxy groups -OCH3 is 1. The average Bonchev–Trinajstić information content (AvgIpc) is 2.67. The number of carbonyl (C=O) groups is 1. The lowest BCUT2D eigenvalue weighted by Gasteiger charge is -2.06. The van der Waals surface area contributed by atoms with E-state index in [9.17, 15) is 4.79 Å². The highest BCUT2D eigenvalue weighted by molar-refractivity contribution is 7.11. The second kappa shape index (κ2) is 5.31. The van der Waals surface area contributed by atoms with Crippen molar-refractivity contribution in [1.29, 1.82) is 0 Å². The smallest absolute Gasteiger partial charge is 0.338 e. The predicted octanol–water partition coefficient (Wildman–Crippen LogP) is 3.14. The Kier molecular flexibility index (Phi) is 3.77. The van der Waals surface area contributed by atoms with Crippen LogP contribution in [-0.4, -0.2) is 18.1 Å². The molecule has 0 aliphatic rings. The van der Waals surface area contributed by atoms with E-state index in [1.54, 1.807) is 17.4 Å². The van der Waals surface area contributed by atoms with Gasteiger partial charge in [0.05, 0.1) is 23.4 Å². The number of thiazole rings is 1. The van der Waals surface area contributed by atoms with Crippen molar-refractivity contribution in [2.24, 2.45) is 0 Å². The van der Waals surface area contributed by atoms with Gasteiger partial charge in [-0.3, -0.25) is 0 Å². The minimum absolute atomic E-state index is 0.288. The summed E-state index contributed by atoms with van der Waals surface area (Å²) in [4.78, 5) is 17.3. The summed E-state index contributed by atoms with van der Waals surface area (Å²) >= 11 is 1.67. The van der Waals surface area contributed by atoms with Crippen molar-refractivity contribution in [2.45, 2.75) is 20.3 Å². The van der Waals surface area contributed by atoms with Crippen molar-refractivity contribution in [1.82, 2.24) is 4.98 Å². The zero-order valence-corrected chi connectivity index (χ0v) is 11.5. The molecule has 0 unspecified atom stereocenters. The monoisotopic (exact) mass is 261 g/mol. The number of nitrogens with zero attached hydrogens (tertiary/aromatic N) is 1. The number of ether oxygens (including phenoxy) is 1. The molecule has 3 nitrogen and oxygen atoms in total. The molecule has 0 aliphatic carbocycles. The topological polar surface area (TPSA) is 39.2 Å². The van der Waals surface area contributed by atoms with Gasteiger partial charge in [0.2, 0.25) is 0 Å². The number of hydrogen-bond acceptors (Lipinski definition) is 4. The molecule has 0 saturated heterocycles. The van der Waals surface area contributed by atoms with Crippen LogP contribution in [0.1, 0.15) is 31.5 Å². The SMILES string of the molecule is COC(=O)c1ccccc1Cc1sc(C)nc1C. The van der Waals surface area contributed by atoms with Gasteiger partial charge in [0.25, 0.3) is 0 Å². The van der Waals surface area contributed by atoms with Gasteiger partial charge in [-0.15, -0.1) is 11.3 Å². The van der Waals surface area contributed by atoms with Crippen molar-refractivity contribution >= 4 is 17.3 Å². The van der Waals surface area contributed by atoms with Crippen molar-refractivity contribution < 1.29 is 9.53 Å². The Bertz CT molecular complexity index is 575. The van der Waals surface area contributed by atoms with Crippen molar-refractivity contribution in [3.8, 4) is 0 Å². The second-order valence-electron chi connectivity index (χ2n) is 4.07. The Morgan fingerprint density at radius 1 is 1.33 bits per heavy atom. The van der Waals surface area contributed by atoms with E-state index in [4.69, 9.17) is 4.74 Å². The van der Waals surface area contributed by atoms with Crippen LogP contribution in [0.2, 0.25) is 0 Å². The zero-order valence-electron chi connectivity index (χ0n) is 10.7. The van der Waals surface area contributed by atoms with E-state index in [0.29, 0.717) is 5.56 Å². The summed E-state index contributed by atoms with van der Waals surface area (Å²) in [5.74, 6) is -0.288. The molecule has 18 heavy (non-hydrogen) atoms. The molecule has 0 amide bonds. The summed E-state index contributed by atoms with van der Waals surface area (Å²) in [6.45, 7) is 3.99. The molecule has 0 aliphatic heterocycles. The molecule has 0 saturated carbocycles. The maximum atomic E-state index is 11.7. The number of esters is 1. The van der Waals surface area contributed by atoms with Gasteiger partial charge in [0.1, 0.15) is 0 Å². The fourth-order valence-electron chi connectivity index (χ4n) is 1.89. The fourth-order valence-corrected chi connectivity index (χ4v) is 2.85. The van der Waals surface area contributed by atoms with E-state index in [-0.39, 0.29) is 5.97 Å². The van der Waals surface area contributed by atoms with Crippen LogP contribution in [0.25, 0.3) is 0 Å². The molecule has 0 bridgehead atoms. The minimum atomic E-state index is -0.288. The van der Waals surface area contributed by atoms with Gasteiger partial charge < -0.3 is 4.74 Å². The van der Waals surface area contributed by atoms with Gasteiger partial charge in [0, 0.05) is 11.3 Å². The molecule has 1 aromatic heterocycles. The van der Waals surface area contributed by atoms with Gasteiger partial charge in [-0.1, -0.05) is 18.2 Å². The molecule has 94 valence electrons. The lowest BCUT2D eigenvalue weighted by molar-refractivity contribution is 0.0599. The van der Waals surface area contributed by atoms with Gasteiger partial charge in [-0.2, -0.15) is 0 Å². The Balaban J connectivity index is 2.34. The van der Waals surface area contributed by atoms with E-state index in [1.165, 1.54) is 12.0 Å². The summed E-state index contributed by atoms with van der Waals surface area (Å²) in [6, 6.07) is 7.54. The summed E-state index contributed by atoms with van der Waals surface area (Å²) < 4.78 is 4.80. The lowest BCUT2D eigenvalue weighted by atomic mass is 10.0. The van der Waals surface area contributed by atoms with Crippen LogP contribution < -0.4 is 0 Å². The van der Waals surface area contributed by atoms with Crippen LogP contribution in [0.5, 0.6) is 0 Å². The van der Waals surface area contributed by atoms with Crippen molar-refractivity contribution in [3.63, 3.8) is 0 Å². The Hall–Kier alpha value is -1.68. The highest BCUT2D eigenvalue weighted by atomic mass is 32.1. The fraction of sp³-hybridized carbons (Fsp3) is 0.286. The molecule has 0 spiro atoms. The van der Waals surface area contributed by atoms with Crippen molar-refractivity contribution in [3.05, 3.63) is 51.0 Å². The highest BCUT2D eigenvalue weighted by Gasteiger charge is 2.13. The summed E-state index contributed by atoms with van der Waals surface area (Å²) in [5.41, 5.74) is 2.65. The minimum Gasteiger partial charge on any atom is -0.465 e. The summed E-state index contributed by atoms with van der Waals surface area (Å²) in [5, 5.41) is 1.05. The molecule has 2 rings (SSSR count). The zero-order chi connectivity index (χ0) is 13.1. The third-order valence-corrected chi connectivity index (χ3v) is 3.85. The Morgan fingerprint density at radius 2 is 2.06 bits per heavy atom. The van der Waals surface area contributed by atoms with Gasteiger partial charge in [0.15, 0.2) is 0 Å². The largest absolute Gasteiger partial charge is 0.465 e. The highest BCUT2D eigenvalue weighted by Crippen LogP contribution is 2.22. The van der Waals surface area contributed by atoms with E-state index in [1.807, 2.05) is 32.0 Å². The number of aryl methyl sites for hydroxylation is 2. The third kappa shape index (κ3) is 2.59. The lowest BCUT2D eigenvalue weighted by Crippen LogP contribution is -2.05. The Morgan fingerprint density at radius 3 is 2.67 bits per heavy atom. The normalized spacial score (nSPS) is 10.4. The predicted molar refractivity (Wildman–Crippen MR) is 72.2 cm³/mol. The molecule has 1 aromatic carbocycles. The first-order valence-corrected chi connectivity index (χ1v) is 6.52. The summed E-state index contributed by atoms with van der Waals surface area (Å²) in [7, 11) is 1.40. The van der Waals surface area contributed by atoms with E-state index < -0.39 is 0 Å². The first-order valence-electron chi connectivity index (χ1n) is 5.71. The molecule has 4 heteroatoms. The van der Waals surface area contributed by atoms with Crippen LogP contribution in [0, 0.1) is 13.8 Å². The van der Waals surface area contributed by atoms with E-state index in [0.717, 1.165) is 22.7 Å². The molecule has 0 atom stereocenters. The van der Waals surface area contributed by atoms with Crippen LogP contribution in [0.3, 0.4) is 0 Å². The molecular weight excluding hydrogens is 246 g/mol. The average molecular weight is 261 g/mol. The molecule has 2 aromatic rings. The van der Waals surface area contributed by atoms with Crippen LogP contribution in [-0.2, 0) is 11.2 Å². The number of benzene rings is 1. The van der Waals surface area contributed by atoms with E-state index in [2.05, 4.69) is 4.98 Å². The van der Waals surface area contributed by atoms with Crippen LogP contribution >= 0.6 is 11.3 Å². The number of hydrogen-bond donors (Lipinski definition) is 0. The number of aromatic nitrogens is 1. The molecular formula is C14H15NO2S. The third-order valence-electron chi connectivity index (χ3n) is 2.77. The molecule has 0 N–H and O–H groups in total. The summed E-state index contributed by atoms with van der Waals surface area (Å²) in [6.07, 6.45) is 0.725. The molecule has 0 radical (unpaired) electrons. The van der Waals surface area contributed by atoms with Crippen molar-refractivity contribution in [2.75, 3.05) is 7.11 Å². The number of carbonyl (C=O) groups excluding carboxylic acids is 1. The van der Waals surface area contributed by atoms with Gasteiger partial charge in [-0.25, -0.2) is 9.78 Å². The molecule has 0 fully saturated rings. The number of rotatable bonds is 3. The van der Waals surface area contributed by atoms with Gasteiger partial charge in [-0.05, 0) is 25.5 Å². The first-order chi connectivity index (χ1) is 8.61. The maximum absolute atomic E-state index is 11.7. The first kappa shape index (κ1) is 12.8. The van der Waals surface area contributed by atoms with E-state index >= 15 is 0 Å². The van der Waals surface area contributed by atoms with Crippen LogP contribution in [0.15, 0.2) is 24.3 Å². The quantitative estimate of drug-likeness (QED) is 0.797. The van der Waals surface area contributed by atoms with Gasteiger partial charge >= 0.3 is 5.97 Å².